The zero-order valence-electron chi connectivity index (χ0n) is 16.3. The maximum atomic E-state index is 12.6. The molecular weight excluding hydrogens is 376 g/mol. The molecule has 8 heteroatoms. The third-order valence-electron chi connectivity index (χ3n) is 4.82. The van der Waals surface area contributed by atoms with Gasteiger partial charge in [-0.15, -0.1) is 0 Å². The Morgan fingerprint density at radius 1 is 1.14 bits per heavy atom. The number of Topliss-reactive ketones (excluding diaryl/α,β-unsaturated/α-hetero) is 1. The van der Waals surface area contributed by atoms with Crippen LogP contribution in [-0.4, -0.2) is 27.8 Å². The number of rotatable bonds is 7. The molecule has 0 fully saturated rings. The third kappa shape index (κ3) is 4.11. The molecule has 2 aromatic heterocycles. The topological polar surface area (TPSA) is 105 Å². The Hall–Kier alpha value is -3.68. The fourth-order valence-electron chi connectivity index (χ4n) is 3.21. The van der Waals surface area contributed by atoms with Gasteiger partial charge in [0.25, 0.3) is 5.69 Å². The summed E-state index contributed by atoms with van der Waals surface area (Å²) >= 11 is 0. The van der Waals surface area contributed by atoms with E-state index in [0.29, 0.717) is 12.1 Å². The first-order chi connectivity index (χ1) is 13.8. The third-order valence-corrected chi connectivity index (χ3v) is 4.82. The summed E-state index contributed by atoms with van der Waals surface area (Å²) in [5.41, 5.74) is 2.17. The van der Waals surface area contributed by atoms with E-state index in [-0.39, 0.29) is 22.6 Å². The molecule has 0 radical (unpaired) electrons. The van der Waals surface area contributed by atoms with Crippen molar-refractivity contribution in [2.24, 2.45) is 0 Å². The molecule has 0 amide bonds. The van der Waals surface area contributed by atoms with E-state index in [1.54, 1.807) is 18.4 Å². The van der Waals surface area contributed by atoms with Crippen molar-refractivity contribution >= 4 is 17.4 Å². The van der Waals surface area contributed by atoms with Crippen molar-refractivity contribution in [3.8, 4) is 0 Å². The summed E-state index contributed by atoms with van der Waals surface area (Å²) in [6.45, 7) is 5.20. The summed E-state index contributed by atoms with van der Waals surface area (Å²) in [6, 6.07) is 9.54. The second kappa shape index (κ2) is 8.14. The largest absolute Gasteiger partial charge is 0.467 e. The number of aryl methyl sites for hydroxylation is 1. The monoisotopic (exact) mass is 396 g/mol. The second-order valence-electron chi connectivity index (χ2n) is 6.66. The van der Waals surface area contributed by atoms with Crippen molar-refractivity contribution in [3.05, 3.63) is 86.6 Å². The lowest BCUT2D eigenvalue weighted by Gasteiger charge is -2.09. The van der Waals surface area contributed by atoms with Crippen LogP contribution in [0.1, 0.15) is 43.4 Å². The van der Waals surface area contributed by atoms with Crippen LogP contribution in [0.5, 0.6) is 0 Å². The van der Waals surface area contributed by atoms with Gasteiger partial charge in [0.05, 0.1) is 23.3 Å². The Morgan fingerprint density at radius 2 is 1.90 bits per heavy atom. The van der Waals surface area contributed by atoms with E-state index in [4.69, 9.17) is 9.15 Å². The first-order valence-electron chi connectivity index (χ1n) is 8.93. The highest BCUT2D eigenvalue weighted by molar-refractivity contribution is 6.00. The van der Waals surface area contributed by atoms with Gasteiger partial charge < -0.3 is 13.7 Å². The maximum Gasteiger partial charge on any atom is 0.339 e. The highest BCUT2D eigenvalue weighted by Crippen LogP contribution is 2.22. The predicted molar refractivity (Wildman–Crippen MR) is 104 cm³/mol. The minimum Gasteiger partial charge on any atom is -0.467 e. The first-order valence-corrected chi connectivity index (χ1v) is 8.93. The van der Waals surface area contributed by atoms with Crippen LogP contribution in [0.3, 0.4) is 0 Å². The van der Waals surface area contributed by atoms with E-state index in [2.05, 4.69) is 0 Å². The summed E-state index contributed by atoms with van der Waals surface area (Å²) in [6.07, 6.45) is 1.59. The molecule has 29 heavy (non-hydrogen) atoms. The van der Waals surface area contributed by atoms with Crippen molar-refractivity contribution in [2.75, 3.05) is 6.61 Å². The number of nitro benzene ring substituents is 1. The average Bonchev–Trinajstić information content (AvgIpc) is 3.29. The lowest BCUT2D eigenvalue weighted by atomic mass is 10.1. The number of ketones is 1. The number of nitro groups is 1. The SMILES string of the molecule is Cc1c(C(=O)OCC(=O)c2cc(C)n(Cc3ccco3)c2C)cccc1[N+](=O)[O-]. The number of nitrogens with zero attached hydrogens (tertiary/aromatic N) is 2. The van der Waals surface area contributed by atoms with E-state index in [1.807, 2.05) is 24.5 Å². The predicted octanol–water partition coefficient (Wildman–Crippen LogP) is 4.00. The number of carbonyl (C=O) groups is 2. The van der Waals surface area contributed by atoms with Crippen LogP contribution in [0.4, 0.5) is 5.69 Å². The van der Waals surface area contributed by atoms with Gasteiger partial charge in [0, 0.05) is 28.6 Å². The number of ether oxygens (including phenoxy) is 1. The highest BCUT2D eigenvalue weighted by Gasteiger charge is 2.21. The van der Waals surface area contributed by atoms with Gasteiger partial charge in [-0.25, -0.2) is 4.79 Å². The summed E-state index contributed by atoms with van der Waals surface area (Å²) < 4.78 is 12.4. The molecule has 0 saturated carbocycles. The van der Waals surface area contributed by atoms with Crippen molar-refractivity contribution in [2.45, 2.75) is 27.3 Å². The van der Waals surface area contributed by atoms with E-state index in [9.17, 15) is 19.7 Å². The molecule has 0 atom stereocenters. The molecule has 0 saturated heterocycles. The summed E-state index contributed by atoms with van der Waals surface area (Å²) in [4.78, 5) is 35.4. The Labute approximate surface area is 166 Å². The van der Waals surface area contributed by atoms with Crippen LogP contribution in [-0.2, 0) is 11.3 Å². The first kappa shape index (κ1) is 20.1. The summed E-state index contributed by atoms with van der Waals surface area (Å²) in [5.74, 6) is -0.359. The molecule has 0 bridgehead atoms. The molecule has 3 aromatic rings. The Kier molecular flexibility index (Phi) is 5.63. The zero-order chi connectivity index (χ0) is 21.1. The van der Waals surface area contributed by atoms with Crippen LogP contribution in [0, 0.1) is 30.9 Å². The van der Waals surface area contributed by atoms with Gasteiger partial charge >= 0.3 is 5.97 Å². The number of benzene rings is 1. The summed E-state index contributed by atoms with van der Waals surface area (Å²) in [5, 5.41) is 11.0. The fraction of sp³-hybridized carbons (Fsp3) is 0.238. The molecule has 2 heterocycles. The van der Waals surface area contributed by atoms with Gasteiger partial charge in [-0.05, 0) is 45.0 Å². The normalized spacial score (nSPS) is 10.7. The zero-order valence-corrected chi connectivity index (χ0v) is 16.3. The summed E-state index contributed by atoms with van der Waals surface area (Å²) in [7, 11) is 0. The van der Waals surface area contributed by atoms with Gasteiger partial charge in [0.1, 0.15) is 5.76 Å². The molecule has 8 nitrogen and oxygen atoms in total. The molecule has 0 N–H and O–H groups in total. The second-order valence-corrected chi connectivity index (χ2v) is 6.66. The number of hydrogen-bond acceptors (Lipinski definition) is 6. The van der Waals surface area contributed by atoms with Crippen molar-refractivity contribution < 1.29 is 23.7 Å². The van der Waals surface area contributed by atoms with E-state index < -0.39 is 17.5 Å². The average molecular weight is 396 g/mol. The number of carbonyl (C=O) groups excluding carboxylic acids is 2. The number of esters is 1. The maximum absolute atomic E-state index is 12.6. The standard InChI is InChI=1S/C21H20N2O6/c1-13-10-18(15(3)22(13)11-16-6-5-9-28-16)20(24)12-29-21(25)17-7-4-8-19(14(17)2)23(26)27/h4-10H,11-12H2,1-3H3. The van der Waals surface area contributed by atoms with Crippen LogP contribution in [0.15, 0.2) is 47.1 Å². The van der Waals surface area contributed by atoms with Gasteiger partial charge in [0.15, 0.2) is 6.61 Å². The highest BCUT2D eigenvalue weighted by atomic mass is 16.6. The quantitative estimate of drug-likeness (QED) is 0.259. The molecule has 1 aromatic carbocycles. The van der Waals surface area contributed by atoms with Crippen molar-refractivity contribution in [3.63, 3.8) is 0 Å². The van der Waals surface area contributed by atoms with E-state index in [1.165, 1.54) is 25.1 Å². The lowest BCUT2D eigenvalue weighted by Crippen LogP contribution is -2.16. The number of aromatic nitrogens is 1. The fourth-order valence-corrected chi connectivity index (χ4v) is 3.21. The van der Waals surface area contributed by atoms with Gasteiger partial charge in [-0.3, -0.25) is 14.9 Å². The molecule has 0 spiro atoms. The van der Waals surface area contributed by atoms with Crippen LogP contribution in [0.2, 0.25) is 0 Å². The number of furan rings is 1. The lowest BCUT2D eigenvalue weighted by molar-refractivity contribution is -0.385. The molecule has 0 unspecified atom stereocenters. The Bertz CT molecular complexity index is 1080. The van der Waals surface area contributed by atoms with Crippen LogP contribution < -0.4 is 0 Å². The smallest absolute Gasteiger partial charge is 0.339 e. The van der Waals surface area contributed by atoms with Crippen LogP contribution in [0.25, 0.3) is 0 Å². The van der Waals surface area contributed by atoms with E-state index >= 15 is 0 Å². The molecule has 150 valence electrons. The molecular formula is C21H20N2O6. The van der Waals surface area contributed by atoms with Gasteiger partial charge in [0.2, 0.25) is 5.78 Å². The Balaban J connectivity index is 1.72. The van der Waals surface area contributed by atoms with Gasteiger partial charge in [-0.2, -0.15) is 0 Å². The van der Waals surface area contributed by atoms with Crippen LogP contribution >= 0.6 is 0 Å². The molecule has 3 rings (SSSR count). The molecule has 0 aliphatic heterocycles. The minimum atomic E-state index is -0.774. The van der Waals surface area contributed by atoms with E-state index in [0.717, 1.165) is 17.1 Å². The molecule has 0 aliphatic carbocycles. The van der Waals surface area contributed by atoms with Crippen molar-refractivity contribution in [1.82, 2.24) is 4.57 Å². The number of hydrogen-bond donors (Lipinski definition) is 0. The van der Waals surface area contributed by atoms with Gasteiger partial charge in [-0.1, -0.05) is 6.07 Å². The van der Waals surface area contributed by atoms with Crippen molar-refractivity contribution in [1.29, 1.82) is 0 Å². The minimum absolute atomic E-state index is 0.0651. The Morgan fingerprint density at radius 3 is 2.55 bits per heavy atom. The molecule has 0 aliphatic rings.